The Labute approximate surface area is 213 Å². The molecule has 0 unspecified atom stereocenters. The van der Waals surface area contributed by atoms with E-state index in [4.69, 9.17) is 4.98 Å². The van der Waals surface area contributed by atoms with Crippen LogP contribution in [0.5, 0.6) is 0 Å². The van der Waals surface area contributed by atoms with Crippen LogP contribution in [0.3, 0.4) is 0 Å². The van der Waals surface area contributed by atoms with Crippen molar-refractivity contribution in [3.8, 4) is 22.3 Å². The maximum absolute atomic E-state index is 12.2. The van der Waals surface area contributed by atoms with Gasteiger partial charge in [-0.25, -0.2) is 15.0 Å². The zero-order chi connectivity index (χ0) is 25.4. The zero-order valence-corrected chi connectivity index (χ0v) is 20.2. The Kier molecular flexibility index (Phi) is 5.65. The first kappa shape index (κ1) is 22.5. The van der Waals surface area contributed by atoms with Gasteiger partial charge in [-0.05, 0) is 48.7 Å². The van der Waals surface area contributed by atoms with Crippen LogP contribution in [0.2, 0.25) is 0 Å². The highest BCUT2D eigenvalue weighted by Gasteiger charge is 2.29. The first-order valence-corrected chi connectivity index (χ1v) is 12.0. The summed E-state index contributed by atoms with van der Waals surface area (Å²) < 4.78 is 0. The molecule has 1 amide bonds. The fourth-order valence-corrected chi connectivity index (χ4v) is 4.26. The number of imidazole rings is 1. The van der Waals surface area contributed by atoms with E-state index in [1.807, 2.05) is 37.4 Å². The summed E-state index contributed by atoms with van der Waals surface area (Å²) >= 11 is 0. The minimum absolute atomic E-state index is 0.0429. The van der Waals surface area contributed by atoms with Crippen LogP contribution < -0.4 is 10.6 Å². The highest BCUT2D eigenvalue weighted by molar-refractivity contribution is 5.95. The molecule has 3 N–H and O–H groups in total. The number of carbonyl (C=O) groups excluding carboxylic acids is 1. The molecular weight excluding hydrogens is 464 g/mol. The molecule has 0 atom stereocenters. The second-order valence-electron chi connectivity index (χ2n) is 8.95. The quantitative estimate of drug-likeness (QED) is 0.297. The molecule has 0 bridgehead atoms. The largest absolute Gasteiger partial charge is 0.373 e. The fourth-order valence-electron chi connectivity index (χ4n) is 4.26. The van der Waals surface area contributed by atoms with Crippen molar-refractivity contribution < 1.29 is 4.79 Å². The molecule has 0 aliphatic heterocycles. The molecule has 1 aliphatic carbocycles. The van der Waals surface area contributed by atoms with Gasteiger partial charge in [0.1, 0.15) is 11.6 Å². The van der Waals surface area contributed by atoms with Crippen LogP contribution in [0.4, 0.5) is 11.5 Å². The summed E-state index contributed by atoms with van der Waals surface area (Å²) in [6.07, 6.45) is 12.3. The molecule has 9 heteroatoms. The van der Waals surface area contributed by atoms with Gasteiger partial charge in [0.15, 0.2) is 5.65 Å². The molecule has 1 fully saturated rings. The smallest absolute Gasteiger partial charge is 0.227 e. The Balaban J connectivity index is 1.36. The molecule has 37 heavy (non-hydrogen) atoms. The van der Waals surface area contributed by atoms with E-state index in [0.717, 1.165) is 46.2 Å². The van der Waals surface area contributed by atoms with Gasteiger partial charge in [0.2, 0.25) is 5.91 Å². The SMILES string of the molecule is C=C(c1nc2nccc(-c3ccncc3)c2[nH]1)c1cc(-c2cncc(NC(=O)C3CC3)c2)cnc1NC. The molecule has 5 heterocycles. The van der Waals surface area contributed by atoms with Crippen LogP contribution in [-0.2, 0) is 4.79 Å². The molecule has 0 spiro atoms. The second kappa shape index (κ2) is 9.27. The van der Waals surface area contributed by atoms with E-state index >= 15 is 0 Å². The van der Waals surface area contributed by atoms with Gasteiger partial charge in [0.05, 0.1) is 17.4 Å². The predicted octanol–water partition coefficient (Wildman–Crippen LogP) is 4.93. The average Bonchev–Trinajstić information content (AvgIpc) is 3.71. The molecular formula is C28H24N8O. The van der Waals surface area contributed by atoms with Crippen LogP contribution in [0.15, 0.2) is 74.1 Å². The molecule has 0 aromatic carbocycles. The molecule has 182 valence electrons. The standard InChI is InChI=1S/C28H24N8O/c1-16(25-35-24-22(7-10-32-27(24)36-25)17-5-8-30-9-6-17)23-12-20(14-33-26(23)29-2)19-11-21(15-31-13-19)34-28(37)18-3-4-18/h5-15,18H,1,3-4H2,2H3,(H,29,33)(H,34,37)(H,32,35,36). The second-order valence-corrected chi connectivity index (χ2v) is 8.95. The Morgan fingerprint density at radius 3 is 2.57 bits per heavy atom. The molecule has 6 rings (SSSR count). The van der Waals surface area contributed by atoms with Crippen LogP contribution >= 0.6 is 0 Å². The van der Waals surface area contributed by atoms with Crippen molar-refractivity contribution in [1.82, 2.24) is 29.9 Å². The number of nitrogens with zero attached hydrogens (tertiary/aromatic N) is 5. The number of amides is 1. The number of rotatable bonds is 7. The number of hydrogen-bond acceptors (Lipinski definition) is 7. The number of H-pyrrole nitrogens is 1. The van der Waals surface area contributed by atoms with Gasteiger partial charge in [-0.2, -0.15) is 0 Å². The molecule has 1 saturated carbocycles. The number of nitrogens with one attached hydrogen (secondary N) is 3. The average molecular weight is 489 g/mol. The van der Waals surface area contributed by atoms with E-state index in [1.54, 1.807) is 37.2 Å². The van der Waals surface area contributed by atoms with Crippen molar-refractivity contribution in [2.75, 3.05) is 17.7 Å². The number of fused-ring (bicyclic) bond motifs is 1. The third-order valence-electron chi connectivity index (χ3n) is 6.41. The zero-order valence-electron chi connectivity index (χ0n) is 20.2. The third-order valence-corrected chi connectivity index (χ3v) is 6.41. The van der Waals surface area contributed by atoms with Crippen molar-refractivity contribution in [2.24, 2.45) is 5.92 Å². The first-order chi connectivity index (χ1) is 18.1. The van der Waals surface area contributed by atoms with E-state index in [-0.39, 0.29) is 11.8 Å². The minimum atomic E-state index is 0.0429. The molecule has 0 radical (unpaired) electrons. The van der Waals surface area contributed by atoms with Gasteiger partial charge >= 0.3 is 0 Å². The van der Waals surface area contributed by atoms with E-state index in [9.17, 15) is 4.79 Å². The summed E-state index contributed by atoms with van der Waals surface area (Å²) in [5, 5.41) is 6.10. The number of anilines is 2. The highest BCUT2D eigenvalue weighted by atomic mass is 16.2. The van der Waals surface area contributed by atoms with Gasteiger partial charge in [-0.1, -0.05) is 6.58 Å². The monoisotopic (exact) mass is 488 g/mol. The fraction of sp³-hybridized carbons (Fsp3) is 0.143. The lowest BCUT2D eigenvalue weighted by Crippen LogP contribution is -2.13. The molecule has 5 aromatic rings. The number of aromatic nitrogens is 6. The maximum Gasteiger partial charge on any atom is 0.227 e. The van der Waals surface area contributed by atoms with Crippen molar-refractivity contribution in [3.05, 3.63) is 85.5 Å². The van der Waals surface area contributed by atoms with Crippen molar-refractivity contribution in [1.29, 1.82) is 0 Å². The number of aromatic amines is 1. The lowest BCUT2D eigenvalue weighted by atomic mass is 10.0. The van der Waals surface area contributed by atoms with Crippen LogP contribution in [0.1, 0.15) is 24.2 Å². The lowest BCUT2D eigenvalue weighted by molar-refractivity contribution is -0.117. The van der Waals surface area contributed by atoms with E-state index in [0.29, 0.717) is 28.5 Å². The molecule has 9 nitrogen and oxygen atoms in total. The van der Waals surface area contributed by atoms with Crippen LogP contribution in [-0.4, -0.2) is 42.9 Å². The summed E-state index contributed by atoms with van der Waals surface area (Å²) in [6, 6.07) is 9.75. The first-order valence-electron chi connectivity index (χ1n) is 12.0. The molecule has 1 aliphatic rings. The Morgan fingerprint density at radius 1 is 0.973 bits per heavy atom. The van der Waals surface area contributed by atoms with Crippen molar-refractivity contribution in [3.63, 3.8) is 0 Å². The van der Waals surface area contributed by atoms with Gasteiger partial charge in [0, 0.05) is 71.8 Å². The Morgan fingerprint density at radius 2 is 1.78 bits per heavy atom. The predicted molar refractivity (Wildman–Crippen MR) is 144 cm³/mol. The Bertz CT molecular complexity index is 1640. The van der Waals surface area contributed by atoms with Crippen LogP contribution in [0.25, 0.3) is 39.0 Å². The lowest BCUT2D eigenvalue weighted by Gasteiger charge is -2.12. The van der Waals surface area contributed by atoms with E-state index in [2.05, 4.69) is 42.1 Å². The van der Waals surface area contributed by atoms with Gasteiger partial charge < -0.3 is 15.6 Å². The van der Waals surface area contributed by atoms with Crippen molar-refractivity contribution in [2.45, 2.75) is 12.8 Å². The van der Waals surface area contributed by atoms with Crippen molar-refractivity contribution >= 4 is 34.1 Å². The van der Waals surface area contributed by atoms with E-state index < -0.39 is 0 Å². The van der Waals surface area contributed by atoms with Gasteiger partial charge in [-0.15, -0.1) is 0 Å². The summed E-state index contributed by atoms with van der Waals surface area (Å²) in [5.74, 6) is 1.43. The Hall–Kier alpha value is -4.92. The number of pyridine rings is 4. The summed E-state index contributed by atoms with van der Waals surface area (Å²) in [4.78, 5) is 37.8. The third kappa shape index (κ3) is 4.42. The number of carbonyl (C=O) groups is 1. The van der Waals surface area contributed by atoms with Crippen LogP contribution in [0, 0.1) is 5.92 Å². The number of hydrogen-bond donors (Lipinski definition) is 3. The van der Waals surface area contributed by atoms with E-state index in [1.165, 1.54) is 0 Å². The topological polar surface area (TPSA) is 121 Å². The normalized spacial score (nSPS) is 12.9. The van der Waals surface area contributed by atoms with Gasteiger partial charge in [0.25, 0.3) is 0 Å². The molecule has 0 saturated heterocycles. The minimum Gasteiger partial charge on any atom is -0.373 e. The maximum atomic E-state index is 12.2. The highest BCUT2D eigenvalue weighted by Crippen LogP contribution is 2.34. The molecule has 5 aromatic heterocycles. The van der Waals surface area contributed by atoms with Gasteiger partial charge in [-0.3, -0.25) is 14.8 Å². The summed E-state index contributed by atoms with van der Waals surface area (Å²) in [7, 11) is 1.82. The summed E-state index contributed by atoms with van der Waals surface area (Å²) in [6.45, 7) is 4.34. The summed E-state index contributed by atoms with van der Waals surface area (Å²) in [5.41, 5.74) is 7.23.